The number of aromatic nitrogens is 2. The predicted molar refractivity (Wildman–Crippen MR) is 123 cm³/mol. The number of amides is 3. The molecule has 7 nitrogen and oxygen atoms in total. The Morgan fingerprint density at radius 3 is 2.47 bits per heavy atom. The van der Waals surface area contributed by atoms with E-state index in [1.807, 2.05) is 25.1 Å². The fourth-order valence-corrected chi connectivity index (χ4v) is 5.37. The summed E-state index contributed by atoms with van der Waals surface area (Å²) in [6.07, 6.45) is 5.22. The molecule has 3 amide bonds. The van der Waals surface area contributed by atoms with Crippen LogP contribution >= 0.6 is 0 Å². The number of imide groups is 1. The van der Waals surface area contributed by atoms with E-state index < -0.39 is 5.54 Å². The van der Waals surface area contributed by atoms with Gasteiger partial charge in [-0.05, 0) is 43.5 Å². The number of aryl methyl sites for hydroxylation is 1. The number of carbonyl (C=O) groups is 2. The summed E-state index contributed by atoms with van der Waals surface area (Å²) < 4.78 is 2.17. The van der Waals surface area contributed by atoms with Gasteiger partial charge in [0.2, 0.25) is 0 Å². The minimum atomic E-state index is -0.726. The molecule has 0 atom stereocenters. The smallest absolute Gasteiger partial charge is 0.328 e. The Kier molecular flexibility index (Phi) is 5.21. The lowest BCUT2D eigenvalue weighted by atomic mass is 9.85. The second-order valence-electron chi connectivity index (χ2n) is 8.83. The van der Waals surface area contributed by atoms with Crippen LogP contribution in [0.5, 0.6) is 0 Å². The first kappa shape index (κ1) is 20.7. The first-order chi connectivity index (χ1) is 15.5. The number of piperidine rings is 1. The van der Waals surface area contributed by atoms with E-state index in [4.69, 9.17) is 0 Å². The fraction of sp³-hybridized carbons (Fsp3) is 0.400. The summed E-state index contributed by atoms with van der Waals surface area (Å²) in [7, 11) is 2.08. The molecule has 2 saturated heterocycles. The van der Waals surface area contributed by atoms with Crippen LogP contribution in [0.15, 0.2) is 54.9 Å². The zero-order chi connectivity index (χ0) is 22.3. The summed E-state index contributed by atoms with van der Waals surface area (Å²) in [5.74, 6) is -0.0696. The molecular formula is C25H29N5O2. The van der Waals surface area contributed by atoms with Crippen LogP contribution in [0.4, 0.5) is 4.79 Å². The van der Waals surface area contributed by atoms with Crippen LogP contribution in [-0.2, 0) is 24.9 Å². The molecule has 5 rings (SSSR count). The Morgan fingerprint density at radius 1 is 1.00 bits per heavy atom. The second-order valence-corrected chi connectivity index (χ2v) is 8.83. The highest BCUT2D eigenvalue weighted by atomic mass is 16.2. The standard InChI is InChI=1S/C25H29N5O2/c1-3-30-24(32)29(18-20-8-6-7-13-26-20)23(31)25(30)11-14-28(15-12-25)17-19-16-27(2)22-10-5-4-9-21(19)22/h4-10,13,16H,3,11-12,14-15,17-18H2,1-2H3. The SMILES string of the molecule is CCN1C(=O)N(Cc2ccccn2)C(=O)C12CCN(Cc1cn(C)c3ccccc13)CC2. The van der Waals surface area contributed by atoms with Gasteiger partial charge in [0.15, 0.2) is 0 Å². The van der Waals surface area contributed by atoms with Crippen molar-refractivity contribution in [2.75, 3.05) is 19.6 Å². The highest BCUT2D eigenvalue weighted by Crippen LogP contribution is 2.38. The number of rotatable bonds is 5. The number of hydrogen-bond donors (Lipinski definition) is 0. The summed E-state index contributed by atoms with van der Waals surface area (Å²) in [4.78, 5) is 36.5. The monoisotopic (exact) mass is 431 g/mol. The molecule has 2 aliphatic heterocycles. The Bertz CT molecular complexity index is 1150. The van der Waals surface area contributed by atoms with Crippen molar-refractivity contribution in [1.82, 2.24) is 24.3 Å². The summed E-state index contributed by atoms with van der Waals surface area (Å²) in [6.45, 7) is 5.15. The van der Waals surface area contributed by atoms with Crippen LogP contribution < -0.4 is 0 Å². The number of likely N-dealkylation sites (N-methyl/N-ethyl adjacent to an activating group) is 1. The van der Waals surface area contributed by atoms with Gasteiger partial charge in [-0.1, -0.05) is 24.3 Å². The molecule has 2 fully saturated rings. The predicted octanol–water partition coefficient (Wildman–Crippen LogP) is 3.39. The normalized spacial score (nSPS) is 18.9. The third-order valence-electron chi connectivity index (χ3n) is 7.04. The number of likely N-dealkylation sites (tertiary alicyclic amines) is 1. The molecule has 0 bridgehead atoms. The lowest BCUT2D eigenvalue weighted by molar-refractivity contribution is -0.136. The van der Waals surface area contributed by atoms with E-state index in [-0.39, 0.29) is 18.5 Å². The van der Waals surface area contributed by atoms with Gasteiger partial charge in [0.05, 0.1) is 12.2 Å². The number of pyridine rings is 1. The molecule has 1 aromatic carbocycles. The van der Waals surface area contributed by atoms with E-state index in [2.05, 4.69) is 52.0 Å². The van der Waals surface area contributed by atoms with E-state index in [1.165, 1.54) is 21.4 Å². The molecule has 0 radical (unpaired) electrons. The highest BCUT2D eigenvalue weighted by Gasteiger charge is 2.57. The van der Waals surface area contributed by atoms with Crippen molar-refractivity contribution in [3.63, 3.8) is 0 Å². The largest absolute Gasteiger partial charge is 0.350 e. The molecule has 3 aromatic rings. The van der Waals surface area contributed by atoms with Crippen molar-refractivity contribution in [2.24, 2.45) is 7.05 Å². The second kappa shape index (κ2) is 8.06. The van der Waals surface area contributed by atoms with Crippen LogP contribution in [0.1, 0.15) is 31.0 Å². The highest BCUT2D eigenvalue weighted by molar-refractivity contribution is 6.07. The Morgan fingerprint density at radius 2 is 1.75 bits per heavy atom. The molecule has 1 spiro atoms. The average Bonchev–Trinajstić information content (AvgIpc) is 3.23. The molecule has 32 heavy (non-hydrogen) atoms. The number of fused-ring (bicyclic) bond motifs is 1. The van der Waals surface area contributed by atoms with Crippen LogP contribution in [0.3, 0.4) is 0 Å². The number of para-hydroxylation sites is 1. The molecule has 2 aromatic heterocycles. The van der Waals surface area contributed by atoms with Gasteiger partial charge in [0.25, 0.3) is 5.91 Å². The van der Waals surface area contributed by atoms with Gasteiger partial charge < -0.3 is 9.47 Å². The van der Waals surface area contributed by atoms with Crippen molar-refractivity contribution in [2.45, 2.75) is 38.4 Å². The first-order valence-corrected chi connectivity index (χ1v) is 11.3. The topological polar surface area (TPSA) is 61.7 Å². The van der Waals surface area contributed by atoms with Gasteiger partial charge in [-0.3, -0.25) is 19.6 Å². The molecule has 2 aliphatic rings. The Hall–Kier alpha value is -3.19. The molecule has 0 unspecified atom stereocenters. The lowest BCUT2D eigenvalue weighted by Gasteiger charge is -2.41. The summed E-state index contributed by atoms with van der Waals surface area (Å²) >= 11 is 0. The van der Waals surface area contributed by atoms with Crippen molar-refractivity contribution < 1.29 is 9.59 Å². The number of nitrogens with zero attached hydrogens (tertiary/aromatic N) is 5. The maximum absolute atomic E-state index is 13.5. The minimum absolute atomic E-state index is 0.0696. The van der Waals surface area contributed by atoms with Gasteiger partial charge in [-0.25, -0.2) is 4.79 Å². The van der Waals surface area contributed by atoms with Crippen molar-refractivity contribution in [3.8, 4) is 0 Å². The molecule has 4 heterocycles. The van der Waals surface area contributed by atoms with E-state index in [0.29, 0.717) is 19.4 Å². The quantitative estimate of drug-likeness (QED) is 0.581. The van der Waals surface area contributed by atoms with Gasteiger partial charge in [0.1, 0.15) is 5.54 Å². The van der Waals surface area contributed by atoms with Crippen molar-refractivity contribution in [3.05, 3.63) is 66.1 Å². The van der Waals surface area contributed by atoms with Crippen molar-refractivity contribution in [1.29, 1.82) is 0 Å². The maximum atomic E-state index is 13.5. The number of carbonyl (C=O) groups excluding carboxylic acids is 2. The Labute approximate surface area is 188 Å². The number of hydrogen-bond acceptors (Lipinski definition) is 4. The summed E-state index contributed by atoms with van der Waals surface area (Å²) in [5, 5.41) is 1.28. The third kappa shape index (κ3) is 3.28. The molecule has 0 N–H and O–H groups in total. The molecule has 0 aliphatic carbocycles. The van der Waals surface area contributed by atoms with Crippen LogP contribution in [0.2, 0.25) is 0 Å². The maximum Gasteiger partial charge on any atom is 0.328 e. The van der Waals surface area contributed by atoms with Crippen LogP contribution in [0.25, 0.3) is 10.9 Å². The molecule has 166 valence electrons. The van der Waals surface area contributed by atoms with Gasteiger partial charge in [0, 0.05) is 56.5 Å². The van der Waals surface area contributed by atoms with E-state index in [0.717, 1.165) is 25.3 Å². The van der Waals surface area contributed by atoms with Gasteiger partial charge in [-0.2, -0.15) is 0 Å². The molecule has 0 saturated carbocycles. The van der Waals surface area contributed by atoms with Crippen molar-refractivity contribution >= 4 is 22.8 Å². The average molecular weight is 432 g/mol. The van der Waals surface area contributed by atoms with Crippen LogP contribution in [-0.4, -0.2) is 61.4 Å². The fourth-order valence-electron chi connectivity index (χ4n) is 5.37. The summed E-state index contributed by atoms with van der Waals surface area (Å²) in [6, 6.07) is 13.8. The summed E-state index contributed by atoms with van der Waals surface area (Å²) in [5.41, 5.74) is 2.54. The number of urea groups is 1. The van der Waals surface area contributed by atoms with Crippen LogP contribution in [0, 0.1) is 0 Å². The number of benzene rings is 1. The van der Waals surface area contributed by atoms with Gasteiger partial charge in [-0.15, -0.1) is 0 Å². The lowest BCUT2D eigenvalue weighted by Crippen LogP contribution is -2.56. The first-order valence-electron chi connectivity index (χ1n) is 11.3. The van der Waals surface area contributed by atoms with E-state index in [1.54, 1.807) is 11.1 Å². The third-order valence-corrected chi connectivity index (χ3v) is 7.04. The zero-order valence-corrected chi connectivity index (χ0v) is 18.7. The zero-order valence-electron chi connectivity index (χ0n) is 18.7. The molecule has 7 heteroatoms. The van der Waals surface area contributed by atoms with E-state index >= 15 is 0 Å². The molecular weight excluding hydrogens is 402 g/mol. The minimum Gasteiger partial charge on any atom is -0.350 e. The van der Waals surface area contributed by atoms with Gasteiger partial charge >= 0.3 is 6.03 Å². The Balaban J connectivity index is 1.33. The van der Waals surface area contributed by atoms with E-state index in [9.17, 15) is 9.59 Å².